The lowest BCUT2D eigenvalue weighted by Crippen LogP contribution is -2.01. The third-order valence-electron chi connectivity index (χ3n) is 3.00. The largest absolute Gasteiger partial charge is 0.478 e. The number of thiol groups is 1. The van der Waals surface area contributed by atoms with Gasteiger partial charge in [0.2, 0.25) is 0 Å². The molecule has 0 radical (unpaired) electrons. The molecule has 1 N–H and O–H groups in total. The third kappa shape index (κ3) is 1.73. The molecule has 1 aliphatic heterocycles. The van der Waals surface area contributed by atoms with E-state index in [4.69, 9.17) is 0 Å². The maximum Gasteiger partial charge on any atom is 0.337 e. The second kappa shape index (κ2) is 4.35. The molecule has 1 heterocycles. The van der Waals surface area contributed by atoms with Gasteiger partial charge < -0.3 is 5.11 Å². The van der Waals surface area contributed by atoms with Crippen molar-refractivity contribution in [1.29, 1.82) is 0 Å². The van der Waals surface area contributed by atoms with Crippen LogP contribution in [0.5, 0.6) is 0 Å². The Kier molecular flexibility index (Phi) is 2.68. The molecule has 0 bridgehead atoms. The van der Waals surface area contributed by atoms with Crippen molar-refractivity contribution < 1.29 is 9.90 Å². The molecule has 2 aromatic carbocycles. The number of carboxylic acid groups (broad SMARTS) is 1. The minimum absolute atomic E-state index is 0.440. The standard InChI is InChI=1S/C15H12O2S/c16-15(17)14-12-6-2-1-5-11(12)7-8-13(14)18-9-3-4-10-18/h1-10,18H,(H,16,17). The van der Waals surface area contributed by atoms with Gasteiger partial charge in [0.15, 0.2) is 0 Å². The first-order valence-corrected chi connectivity index (χ1v) is 7.14. The van der Waals surface area contributed by atoms with E-state index < -0.39 is 16.9 Å². The first-order chi connectivity index (χ1) is 8.77. The summed E-state index contributed by atoms with van der Waals surface area (Å²) < 4.78 is 0. The van der Waals surface area contributed by atoms with Crippen LogP contribution in [0.3, 0.4) is 0 Å². The lowest BCUT2D eigenvalue weighted by atomic mass is 10.0. The number of carboxylic acids is 1. The average Bonchev–Trinajstić information content (AvgIpc) is 2.90. The van der Waals surface area contributed by atoms with Crippen LogP contribution in [0.1, 0.15) is 10.4 Å². The molecule has 0 spiro atoms. The number of aromatic carboxylic acids is 1. The molecule has 18 heavy (non-hydrogen) atoms. The predicted molar refractivity (Wildman–Crippen MR) is 76.4 cm³/mol. The molecule has 0 amide bonds. The summed E-state index contributed by atoms with van der Waals surface area (Å²) in [6, 6.07) is 11.6. The molecule has 3 heteroatoms. The molecule has 0 aliphatic carbocycles. The normalized spacial score (nSPS) is 15.4. The smallest absolute Gasteiger partial charge is 0.337 e. The van der Waals surface area contributed by atoms with Gasteiger partial charge in [0.05, 0.1) is 5.56 Å². The molecule has 0 fully saturated rings. The summed E-state index contributed by atoms with van der Waals surface area (Å²) in [5.74, 6) is -0.849. The van der Waals surface area contributed by atoms with Crippen LogP contribution in [-0.2, 0) is 0 Å². The van der Waals surface area contributed by atoms with Gasteiger partial charge in [-0.15, -0.1) is 0 Å². The first-order valence-electron chi connectivity index (χ1n) is 5.66. The molecule has 0 saturated carbocycles. The second-order valence-corrected chi connectivity index (χ2v) is 5.97. The van der Waals surface area contributed by atoms with E-state index in [-0.39, 0.29) is 0 Å². The highest BCUT2D eigenvalue weighted by Gasteiger charge is 2.17. The Morgan fingerprint density at radius 2 is 1.72 bits per heavy atom. The quantitative estimate of drug-likeness (QED) is 0.799. The molecule has 0 unspecified atom stereocenters. The summed E-state index contributed by atoms with van der Waals surface area (Å²) in [5.41, 5.74) is 0.440. The highest BCUT2D eigenvalue weighted by atomic mass is 32.2. The molecular weight excluding hydrogens is 244 g/mol. The molecule has 1 aliphatic rings. The van der Waals surface area contributed by atoms with Crippen LogP contribution in [0.2, 0.25) is 0 Å². The zero-order chi connectivity index (χ0) is 12.5. The fourth-order valence-electron chi connectivity index (χ4n) is 2.20. The van der Waals surface area contributed by atoms with Crippen molar-refractivity contribution in [2.75, 3.05) is 0 Å². The molecular formula is C15H12O2S. The van der Waals surface area contributed by atoms with Gasteiger partial charge in [-0.1, -0.05) is 42.5 Å². The Morgan fingerprint density at radius 1 is 1.00 bits per heavy atom. The maximum absolute atomic E-state index is 11.6. The van der Waals surface area contributed by atoms with Crippen molar-refractivity contribution in [3.63, 3.8) is 0 Å². The number of carbonyl (C=O) groups is 1. The van der Waals surface area contributed by atoms with Crippen LogP contribution < -0.4 is 0 Å². The van der Waals surface area contributed by atoms with Crippen LogP contribution in [0.25, 0.3) is 10.8 Å². The maximum atomic E-state index is 11.6. The summed E-state index contributed by atoms with van der Waals surface area (Å²) >= 11 is 0. The number of rotatable bonds is 2. The Morgan fingerprint density at radius 3 is 2.44 bits per heavy atom. The zero-order valence-corrected chi connectivity index (χ0v) is 10.5. The first kappa shape index (κ1) is 11.1. The molecule has 2 aromatic rings. The summed E-state index contributed by atoms with van der Waals surface area (Å²) in [7, 11) is -0.609. The molecule has 0 atom stereocenters. The van der Waals surface area contributed by atoms with Gasteiger partial charge in [-0.05, 0) is 27.7 Å². The average molecular weight is 256 g/mol. The van der Waals surface area contributed by atoms with E-state index in [1.807, 2.05) is 48.6 Å². The van der Waals surface area contributed by atoms with Crippen molar-refractivity contribution in [1.82, 2.24) is 0 Å². The monoisotopic (exact) mass is 256 g/mol. The highest BCUT2D eigenvalue weighted by molar-refractivity contribution is 8.22. The van der Waals surface area contributed by atoms with E-state index in [0.717, 1.165) is 15.7 Å². The highest BCUT2D eigenvalue weighted by Crippen LogP contribution is 2.45. The van der Waals surface area contributed by atoms with Crippen molar-refractivity contribution in [3.8, 4) is 0 Å². The van der Waals surface area contributed by atoms with Gasteiger partial charge in [-0.3, -0.25) is 0 Å². The van der Waals surface area contributed by atoms with E-state index >= 15 is 0 Å². The predicted octanol–water partition coefficient (Wildman–Crippen LogP) is 3.94. The van der Waals surface area contributed by atoms with Crippen LogP contribution >= 0.6 is 10.9 Å². The fraction of sp³-hybridized carbons (Fsp3) is 0. The number of benzene rings is 2. The van der Waals surface area contributed by atoms with Gasteiger partial charge in [0, 0.05) is 4.90 Å². The topological polar surface area (TPSA) is 37.3 Å². The van der Waals surface area contributed by atoms with Crippen molar-refractivity contribution in [2.45, 2.75) is 4.90 Å². The Bertz CT molecular complexity index is 674. The van der Waals surface area contributed by atoms with Crippen LogP contribution in [0, 0.1) is 0 Å². The van der Waals surface area contributed by atoms with E-state index in [1.165, 1.54) is 0 Å². The minimum atomic E-state index is -0.849. The lowest BCUT2D eigenvalue weighted by molar-refractivity contribution is 0.0695. The van der Waals surface area contributed by atoms with Gasteiger partial charge in [0.25, 0.3) is 0 Å². The molecule has 0 aromatic heterocycles. The number of hydrogen-bond donors (Lipinski definition) is 2. The Balaban J connectivity index is 2.31. The van der Waals surface area contributed by atoms with Gasteiger partial charge in [0.1, 0.15) is 0 Å². The number of hydrogen-bond acceptors (Lipinski definition) is 1. The fourth-order valence-corrected chi connectivity index (χ4v) is 3.91. The summed E-state index contributed by atoms with van der Waals surface area (Å²) in [4.78, 5) is 12.5. The van der Waals surface area contributed by atoms with E-state index in [9.17, 15) is 9.90 Å². The molecule has 2 nitrogen and oxygen atoms in total. The van der Waals surface area contributed by atoms with E-state index in [1.54, 1.807) is 0 Å². The zero-order valence-electron chi connectivity index (χ0n) is 9.58. The minimum Gasteiger partial charge on any atom is -0.478 e. The van der Waals surface area contributed by atoms with Crippen LogP contribution in [0.15, 0.2) is 64.3 Å². The number of allylic oxidation sites excluding steroid dienone is 2. The second-order valence-electron chi connectivity index (χ2n) is 4.08. The van der Waals surface area contributed by atoms with Crippen molar-refractivity contribution in [2.24, 2.45) is 0 Å². The van der Waals surface area contributed by atoms with Crippen LogP contribution in [0.4, 0.5) is 0 Å². The van der Waals surface area contributed by atoms with Gasteiger partial charge in [-0.25, -0.2) is 4.79 Å². The van der Waals surface area contributed by atoms with Gasteiger partial charge in [-0.2, -0.15) is 10.9 Å². The summed E-state index contributed by atoms with van der Waals surface area (Å²) in [6.07, 6.45) is 3.96. The molecule has 90 valence electrons. The van der Waals surface area contributed by atoms with Gasteiger partial charge >= 0.3 is 5.97 Å². The lowest BCUT2D eigenvalue weighted by Gasteiger charge is -2.15. The van der Waals surface area contributed by atoms with Crippen molar-refractivity contribution in [3.05, 3.63) is 64.9 Å². The Labute approximate surface area is 108 Å². The Hall–Kier alpha value is -2.00. The van der Waals surface area contributed by atoms with Crippen molar-refractivity contribution >= 4 is 27.6 Å². The SMILES string of the molecule is O=C(O)c1c([SH]2C=CC=C2)ccc2ccccc12. The summed E-state index contributed by atoms with van der Waals surface area (Å²) in [6.45, 7) is 0. The molecule has 3 rings (SSSR count). The third-order valence-corrected chi connectivity index (χ3v) is 4.92. The van der Waals surface area contributed by atoms with E-state index in [0.29, 0.717) is 5.56 Å². The number of fused-ring (bicyclic) bond motifs is 1. The van der Waals surface area contributed by atoms with Crippen LogP contribution in [-0.4, -0.2) is 11.1 Å². The van der Waals surface area contributed by atoms with E-state index in [2.05, 4.69) is 10.8 Å². The summed E-state index contributed by atoms with van der Waals surface area (Å²) in [5, 5.41) is 15.4. The molecule has 0 saturated heterocycles.